The Labute approximate surface area is 188 Å². The van der Waals surface area contributed by atoms with Crippen molar-refractivity contribution in [2.24, 2.45) is 5.73 Å². The second-order valence-corrected chi connectivity index (χ2v) is 8.27. The molecule has 0 aliphatic carbocycles. The summed E-state index contributed by atoms with van der Waals surface area (Å²) in [7, 11) is 0. The van der Waals surface area contributed by atoms with Crippen molar-refractivity contribution < 1.29 is 31.1 Å². The Balaban J connectivity index is 1.84. The van der Waals surface area contributed by atoms with Crippen molar-refractivity contribution in [3.05, 3.63) is 70.8 Å². The first-order chi connectivity index (χ1) is 15.4. The Morgan fingerprint density at radius 1 is 1.06 bits per heavy atom. The number of piperidine rings is 1. The van der Waals surface area contributed by atoms with E-state index >= 15 is 0 Å². The van der Waals surface area contributed by atoms with E-state index in [2.05, 4.69) is 10.6 Å². The molecular weight excluding hydrogens is 448 g/mol. The van der Waals surface area contributed by atoms with Crippen LogP contribution in [-0.4, -0.2) is 25.9 Å². The first kappa shape index (κ1) is 25.5. The number of ether oxygens (including phenoxy) is 1. The van der Waals surface area contributed by atoms with Crippen LogP contribution in [0.25, 0.3) is 0 Å². The van der Waals surface area contributed by atoms with E-state index in [0.717, 1.165) is 12.0 Å². The minimum Gasteiger partial charge on any atom is -0.372 e. The average molecular weight is 475 g/mol. The monoisotopic (exact) mass is 475 g/mol. The largest absolute Gasteiger partial charge is 0.416 e. The summed E-state index contributed by atoms with van der Waals surface area (Å²) in [5, 5.41) is 6.63. The fraction of sp³-hybridized carbons (Fsp3) is 0.478. The van der Waals surface area contributed by atoms with Crippen LogP contribution in [0.3, 0.4) is 0 Å². The predicted molar refractivity (Wildman–Crippen MR) is 112 cm³/mol. The van der Waals surface area contributed by atoms with E-state index in [1.54, 1.807) is 0 Å². The summed E-state index contributed by atoms with van der Waals surface area (Å²) >= 11 is 0. The highest BCUT2D eigenvalue weighted by molar-refractivity contribution is 5.35. The van der Waals surface area contributed by atoms with Crippen molar-refractivity contribution >= 4 is 0 Å². The zero-order chi connectivity index (χ0) is 24.3. The number of halogens is 6. The van der Waals surface area contributed by atoms with Gasteiger partial charge in [-0.2, -0.15) is 26.3 Å². The van der Waals surface area contributed by atoms with Crippen molar-refractivity contribution in [3.63, 3.8) is 0 Å². The molecule has 0 spiro atoms. The minimum absolute atomic E-state index is 0.0745. The topological polar surface area (TPSA) is 59.3 Å². The lowest BCUT2D eigenvalue weighted by Gasteiger charge is -2.42. The van der Waals surface area contributed by atoms with Gasteiger partial charge in [0.05, 0.1) is 29.4 Å². The molecule has 1 unspecified atom stereocenters. The molecule has 1 aliphatic heterocycles. The fourth-order valence-corrected chi connectivity index (χ4v) is 4.06. The summed E-state index contributed by atoms with van der Waals surface area (Å²) in [5.41, 5.74) is 2.98. The third-order valence-electron chi connectivity index (χ3n) is 6.00. The molecule has 3 rings (SSSR count). The van der Waals surface area contributed by atoms with E-state index in [9.17, 15) is 26.3 Å². The van der Waals surface area contributed by atoms with Gasteiger partial charge < -0.3 is 21.1 Å². The summed E-state index contributed by atoms with van der Waals surface area (Å²) in [4.78, 5) is 0. The Morgan fingerprint density at radius 2 is 1.67 bits per heavy atom. The molecule has 0 bridgehead atoms. The number of hydrogen-bond donors (Lipinski definition) is 3. The maximum Gasteiger partial charge on any atom is 0.416 e. The summed E-state index contributed by atoms with van der Waals surface area (Å²) in [6.45, 7) is 2.45. The Hall–Kier alpha value is -2.14. The van der Waals surface area contributed by atoms with E-state index in [4.69, 9.17) is 10.5 Å². The SMILES string of the molecule is C[C@@H](OC[C@@]1(c2ccccc2)CCC(NCN)CN1)c1cc(C(F)(F)F)cc(C(F)(F)F)c1. The van der Waals surface area contributed by atoms with Crippen molar-refractivity contribution in [2.45, 2.75) is 49.8 Å². The fourth-order valence-electron chi connectivity index (χ4n) is 4.06. The molecule has 1 saturated heterocycles. The quantitative estimate of drug-likeness (QED) is 0.392. The van der Waals surface area contributed by atoms with E-state index in [1.165, 1.54) is 6.92 Å². The molecule has 4 nitrogen and oxygen atoms in total. The number of rotatable bonds is 7. The molecule has 0 saturated carbocycles. The summed E-state index contributed by atoms with van der Waals surface area (Å²) in [6, 6.07) is 11.1. The van der Waals surface area contributed by atoms with Gasteiger partial charge in [0.1, 0.15) is 0 Å². The molecule has 1 fully saturated rings. The molecule has 1 aliphatic rings. The van der Waals surface area contributed by atoms with Gasteiger partial charge in [-0.25, -0.2) is 0 Å². The van der Waals surface area contributed by atoms with Crippen LogP contribution >= 0.6 is 0 Å². The lowest BCUT2D eigenvalue weighted by Crippen LogP contribution is -2.57. The standard InChI is InChI=1S/C23H27F6N3O/c1-15(16-9-18(22(24,25)26)11-19(10-16)23(27,28)29)33-13-21(17-5-3-2-4-6-17)8-7-20(12-32-21)31-14-30/h2-6,9-11,15,20,31-32H,7-8,12-14,30H2,1H3/t15-,20?,21-/m1/s1. The lowest BCUT2D eigenvalue weighted by molar-refractivity contribution is -0.143. The summed E-state index contributed by atoms with van der Waals surface area (Å²) in [5.74, 6) is 0. The number of hydrogen-bond acceptors (Lipinski definition) is 4. The van der Waals surface area contributed by atoms with Crippen LogP contribution in [0.1, 0.15) is 48.1 Å². The van der Waals surface area contributed by atoms with Gasteiger partial charge in [0.25, 0.3) is 0 Å². The molecule has 4 N–H and O–H groups in total. The highest BCUT2D eigenvalue weighted by Crippen LogP contribution is 2.39. The molecule has 1 heterocycles. The van der Waals surface area contributed by atoms with E-state index in [1.807, 2.05) is 30.3 Å². The first-order valence-electron chi connectivity index (χ1n) is 10.6. The lowest BCUT2D eigenvalue weighted by atomic mass is 9.81. The van der Waals surface area contributed by atoms with E-state index in [-0.39, 0.29) is 24.3 Å². The third-order valence-corrected chi connectivity index (χ3v) is 6.00. The maximum atomic E-state index is 13.2. The highest BCUT2D eigenvalue weighted by atomic mass is 19.4. The smallest absolute Gasteiger partial charge is 0.372 e. The molecule has 0 radical (unpaired) electrons. The second-order valence-electron chi connectivity index (χ2n) is 8.27. The molecule has 2 aromatic carbocycles. The van der Waals surface area contributed by atoms with Gasteiger partial charge in [-0.3, -0.25) is 0 Å². The van der Waals surface area contributed by atoms with E-state index in [0.29, 0.717) is 31.8 Å². The van der Waals surface area contributed by atoms with Crippen molar-refractivity contribution in [3.8, 4) is 0 Å². The number of alkyl halides is 6. The van der Waals surface area contributed by atoms with Crippen LogP contribution in [0.5, 0.6) is 0 Å². The number of benzene rings is 2. The van der Waals surface area contributed by atoms with Crippen LogP contribution < -0.4 is 16.4 Å². The minimum atomic E-state index is -4.91. The van der Waals surface area contributed by atoms with Gasteiger partial charge in [-0.15, -0.1) is 0 Å². The highest BCUT2D eigenvalue weighted by Gasteiger charge is 2.39. The van der Waals surface area contributed by atoms with Crippen LogP contribution in [0.4, 0.5) is 26.3 Å². The van der Waals surface area contributed by atoms with Gasteiger partial charge in [0.2, 0.25) is 0 Å². The molecule has 2 aromatic rings. The van der Waals surface area contributed by atoms with Crippen molar-refractivity contribution in [1.29, 1.82) is 0 Å². The number of nitrogens with one attached hydrogen (secondary N) is 2. The van der Waals surface area contributed by atoms with E-state index < -0.39 is 35.1 Å². The normalized spacial score (nSPS) is 22.8. The first-order valence-corrected chi connectivity index (χ1v) is 10.6. The van der Waals surface area contributed by atoms with Gasteiger partial charge >= 0.3 is 12.4 Å². The Kier molecular flexibility index (Phi) is 7.73. The molecule has 182 valence electrons. The molecular formula is C23H27F6N3O. The van der Waals surface area contributed by atoms with Gasteiger partial charge in [-0.05, 0) is 49.1 Å². The molecule has 3 atom stereocenters. The van der Waals surface area contributed by atoms with Crippen LogP contribution in [0.15, 0.2) is 48.5 Å². The predicted octanol–water partition coefficient (Wildman–Crippen LogP) is 4.96. The van der Waals surface area contributed by atoms with Gasteiger partial charge in [0.15, 0.2) is 0 Å². The van der Waals surface area contributed by atoms with Crippen molar-refractivity contribution in [2.75, 3.05) is 19.8 Å². The zero-order valence-electron chi connectivity index (χ0n) is 18.1. The molecule has 10 heteroatoms. The average Bonchev–Trinajstić information content (AvgIpc) is 2.78. The Morgan fingerprint density at radius 3 is 2.15 bits per heavy atom. The number of nitrogens with two attached hydrogens (primary N) is 1. The van der Waals surface area contributed by atoms with Gasteiger partial charge in [0, 0.05) is 19.3 Å². The molecule has 33 heavy (non-hydrogen) atoms. The van der Waals surface area contributed by atoms with Crippen LogP contribution in [-0.2, 0) is 22.6 Å². The Bertz CT molecular complexity index is 876. The molecule has 0 amide bonds. The zero-order valence-corrected chi connectivity index (χ0v) is 18.1. The third kappa shape index (κ3) is 6.26. The van der Waals surface area contributed by atoms with Crippen molar-refractivity contribution in [1.82, 2.24) is 10.6 Å². The van der Waals surface area contributed by atoms with Crippen LogP contribution in [0.2, 0.25) is 0 Å². The summed E-state index contributed by atoms with van der Waals surface area (Å²) in [6.07, 6.45) is -9.37. The van der Waals surface area contributed by atoms with Crippen LogP contribution in [0, 0.1) is 0 Å². The van der Waals surface area contributed by atoms with Gasteiger partial charge in [-0.1, -0.05) is 30.3 Å². The second kappa shape index (κ2) is 10.0. The summed E-state index contributed by atoms with van der Waals surface area (Å²) < 4.78 is 85.3. The maximum absolute atomic E-state index is 13.2. The molecule has 0 aromatic heterocycles.